The minimum atomic E-state index is -1.08. The minimum absolute atomic E-state index is 0.249. The van der Waals surface area contributed by atoms with E-state index in [0.29, 0.717) is 22.8 Å². The van der Waals surface area contributed by atoms with Gasteiger partial charge in [0.25, 0.3) is 11.8 Å². The highest BCUT2D eigenvalue weighted by Crippen LogP contribution is 2.32. The smallest absolute Gasteiger partial charge is 0.251 e. The van der Waals surface area contributed by atoms with Crippen LogP contribution in [-0.2, 0) is 16.1 Å². The van der Waals surface area contributed by atoms with Crippen molar-refractivity contribution >= 4 is 17.5 Å². The van der Waals surface area contributed by atoms with Crippen LogP contribution in [0.3, 0.4) is 0 Å². The van der Waals surface area contributed by atoms with E-state index in [1.54, 1.807) is 31.2 Å². The first-order valence-corrected chi connectivity index (χ1v) is 11.8. The molecule has 0 unspecified atom stereocenters. The van der Waals surface area contributed by atoms with E-state index in [-0.39, 0.29) is 18.2 Å². The van der Waals surface area contributed by atoms with Gasteiger partial charge in [0, 0.05) is 16.8 Å². The van der Waals surface area contributed by atoms with Gasteiger partial charge in [-0.3, -0.25) is 14.5 Å². The summed E-state index contributed by atoms with van der Waals surface area (Å²) in [6.07, 6.45) is 0. The molecule has 0 saturated heterocycles. The maximum absolute atomic E-state index is 13.9. The van der Waals surface area contributed by atoms with E-state index < -0.39 is 23.4 Å². The zero-order valence-electron chi connectivity index (χ0n) is 21.4. The first-order valence-electron chi connectivity index (χ1n) is 11.8. The number of para-hydroxylation sites is 1. The van der Waals surface area contributed by atoms with Gasteiger partial charge in [-0.2, -0.15) is 4.80 Å². The van der Waals surface area contributed by atoms with E-state index in [4.69, 9.17) is 4.42 Å². The summed E-state index contributed by atoms with van der Waals surface area (Å²) in [4.78, 5) is 30.1. The van der Waals surface area contributed by atoms with Crippen LogP contribution in [0.2, 0.25) is 0 Å². The third-order valence-corrected chi connectivity index (χ3v) is 5.51. The van der Waals surface area contributed by atoms with Crippen molar-refractivity contribution in [1.82, 2.24) is 25.5 Å². The largest absolute Gasteiger partial charge is 0.464 e. The Morgan fingerprint density at radius 1 is 1.05 bits per heavy atom. The van der Waals surface area contributed by atoms with Crippen LogP contribution in [0.15, 0.2) is 65.1 Å². The summed E-state index contributed by atoms with van der Waals surface area (Å²) in [7, 11) is 0. The average molecular weight is 505 g/mol. The second-order valence-corrected chi connectivity index (χ2v) is 9.79. The van der Waals surface area contributed by atoms with E-state index in [0.717, 1.165) is 10.4 Å². The molecule has 0 spiro atoms. The van der Waals surface area contributed by atoms with Crippen molar-refractivity contribution in [3.05, 3.63) is 83.6 Å². The van der Waals surface area contributed by atoms with Crippen LogP contribution in [0.5, 0.6) is 0 Å². The van der Waals surface area contributed by atoms with Gasteiger partial charge in [0.2, 0.25) is 5.82 Å². The summed E-state index contributed by atoms with van der Waals surface area (Å²) in [5.74, 6) is -0.0265. The van der Waals surface area contributed by atoms with Crippen LogP contribution < -0.4 is 10.2 Å². The summed E-state index contributed by atoms with van der Waals surface area (Å²) >= 11 is 0. The molecule has 1 N–H and O–H groups in total. The van der Waals surface area contributed by atoms with Crippen LogP contribution in [0.25, 0.3) is 11.4 Å². The molecule has 10 heteroatoms. The van der Waals surface area contributed by atoms with Crippen molar-refractivity contribution in [2.45, 2.75) is 52.7 Å². The normalized spacial score (nSPS) is 12.3. The number of amides is 2. The first kappa shape index (κ1) is 25.7. The molecule has 1 atom stereocenters. The number of benzene rings is 2. The number of aryl methyl sites for hydroxylation is 2. The molecular weight excluding hydrogens is 475 g/mol. The molecule has 4 rings (SSSR count). The molecule has 0 aliphatic carbocycles. The predicted molar refractivity (Wildman–Crippen MR) is 136 cm³/mol. The Bertz CT molecular complexity index is 1400. The molecule has 9 nitrogen and oxygen atoms in total. The quantitative estimate of drug-likeness (QED) is 0.400. The number of furan rings is 1. The topological polar surface area (TPSA) is 106 Å². The maximum Gasteiger partial charge on any atom is 0.251 e. The highest BCUT2D eigenvalue weighted by atomic mass is 19.1. The molecule has 4 aromatic rings. The summed E-state index contributed by atoms with van der Waals surface area (Å²) in [6.45, 7) is 8.95. The SMILES string of the molecule is Cc1ccc([C@@H](C(=O)NC(C)(C)C)N(C(=O)Cn2nnc(-c3ccc(F)cc3)n2)c2ccccc2C)o1. The Hall–Kier alpha value is -4.34. The zero-order chi connectivity index (χ0) is 26.7. The van der Waals surface area contributed by atoms with Crippen LogP contribution in [0.4, 0.5) is 10.1 Å². The van der Waals surface area contributed by atoms with Crippen molar-refractivity contribution in [3.8, 4) is 11.4 Å². The number of tetrazole rings is 1. The molecule has 0 radical (unpaired) electrons. The molecule has 0 bridgehead atoms. The number of nitrogens with zero attached hydrogens (tertiary/aromatic N) is 5. The number of hydrogen-bond acceptors (Lipinski definition) is 6. The summed E-state index contributed by atoms with van der Waals surface area (Å²) in [5.41, 5.74) is 1.36. The number of aromatic nitrogens is 4. The fourth-order valence-corrected chi connectivity index (χ4v) is 3.89. The standard InChI is InChI=1S/C27H29FN6O3/c1-17-8-6-7-9-21(17)34(24(22-15-10-18(2)37-22)26(36)29-27(3,4)5)23(35)16-33-31-25(30-32-33)19-11-13-20(28)14-12-19/h6-15,24H,16H2,1-5H3,(H,29,36)/t24-/m0/s1. The van der Waals surface area contributed by atoms with E-state index in [1.165, 1.54) is 29.2 Å². The molecule has 2 heterocycles. The minimum Gasteiger partial charge on any atom is -0.464 e. The van der Waals surface area contributed by atoms with Crippen molar-refractivity contribution < 1.29 is 18.4 Å². The lowest BCUT2D eigenvalue weighted by molar-refractivity contribution is -0.128. The first-order chi connectivity index (χ1) is 17.5. The van der Waals surface area contributed by atoms with E-state index in [9.17, 15) is 14.0 Å². The lowest BCUT2D eigenvalue weighted by atomic mass is 10.0. The Balaban J connectivity index is 1.73. The van der Waals surface area contributed by atoms with E-state index in [1.807, 2.05) is 39.8 Å². The molecule has 2 aromatic carbocycles. The number of halogens is 1. The molecule has 192 valence electrons. The molecule has 0 fully saturated rings. The molecular formula is C27H29FN6O3. The summed E-state index contributed by atoms with van der Waals surface area (Å²) in [5, 5.41) is 15.3. The summed E-state index contributed by atoms with van der Waals surface area (Å²) in [6, 6.07) is 15.3. The highest BCUT2D eigenvalue weighted by molar-refractivity contribution is 6.01. The van der Waals surface area contributed by atoms with Crippen LogP contribution in [-0.4, -0.2) is 37.6 Å². The maximum atomic E-state index is 13.9. The monoisotopic (exact) mass is 504 g/mol. The number of rotatable bonds is 7. The summed E-state index contributed by atoms with van der Waals surface area (Å²) < 4.78 is 19.2. The van der Waals surface area contributed by atoms with Crippen LogP contribution >= 0.6 is 0 Å². The van der Waals surface area contributed by atoms with Gasteiger partial charge < -0.3 is 9.73 Å². The fourth-order valence-electron chi connectivity index (χ4n) is 3.89. The van der Waals surface area contributed by atoms with Crippen molar-refractivity contribution in [1.29, 1.82) is 0 Å². The molecule has 0 aliphatic rings. The number of carbonyl (C=O) groups is 2. The third kappa shape index (κ3) is 6.08. The van der Waals surface area contributed by atoms with Gasteiger partial charge in [0.05, 0.1) is 0 Å². The number of carbonyl (C=O) groups excluding carboxylic acids is 2. The molecule has 37 heavy (non-hydrogen) atoms. The van der Waals surface area contributed by atoms with Crippen LogP contribution in [0, 0.1) is 19.7 Å². The van der Waals surface area contributed by atoms with Crippen molar-refractivity contribution in [3.63, 3.8) is 0 Å². The Kier molecular flexibility index (Phi) is 7.19. The van der Waals surface area contributed by atoms with Crippen LogP contribution in [0.1, 0.15) is 43.9 Å². The highest BCUT2D eigenvalue weighted by Gasteiger charge is 2.37. The number of anilines is 1. The van der Waals surface area contributed by atoms with Gasteiger partial charge in [-0.25, -0.2) is 4.39 Å². The van der Waals surface area contributed by atoms with E-state index >= 15 is 0 Å². The molecule has 2 aromatic heterocycles. The van der Waals surface area contributed by atoms with Gasteiger partial charge in [0.1, 0.15) is 23.9 Å². The van der Waals surface area contributed by atoms with Gasteiger partial charge in [-0.15, -0.1) is 10.2 Å². The average Bonchev–Trinajstić information content (AvgIpc) is 3.46. The number of hydrogen-bond donors (Lipinski definition) is 1. The van der Waals surface area contributed by atoms with Gasteiger partial charge in [0.15, 0.2) is 6.04 Å². The molecule has 2 amide bonds. The fraction of sp³-hybridized carbons (Fsp3) is 0.296. The lowest BCUT2D eigenvalue weighted by Crippen LogP contribution is -2.50. The van der Waals surface area contributed by atoms with E-state index in [2.05, 4.69) is 20.7 Å². The second kappa shape index (κ2) is 10.3. The Morgan fingerprint density at radius 3 is 2.38 bits per heavy atom. The van der Waals surface area contributed by atoms with Gasteiger partial charge in [-0.05, 0) is 87.9 Å². The van der Waals surface area contributed by atoms with Crippen molar-refractivity contribution in [2.24, 2.45) is 0 Å². The Labute approximate surface area is 214 Å². The molecule has 0 aliphatic heterocycles. The van der Waals surface area contributed by atoms with Gasteiger partial charge in [-0.1, -0.05) is 18.2 Å². The zero-order valence-corrected chi connectivity index (χ0v) is 21.4. The Morgan fingerprint density at radius 2 is 1.76 bits per heavy atom. The lowest BCUT2D eigenvalue weighted by Gasteiger charge is -2.33. The molecule has 0 saturated carbocycles. The predicted octanol–water partition coefficient (Wildman–Crippen LogP) is 4.38. The third-order valence-electron chi connectivity index (χ3n) is 5.51. The van der Waals surface area contributed by atoms with Crippen molar-refractivity contribution in [2.75, 3.05) is 4.90 Å². The number of nitrogens with one attached hydrogen (secondary N) is 1. The van der Waals surface area contributed by atoms with Gasteiger partial charge >= 0.3 is 0 Å². The second-order valence-electron chi connectivity index (χ2n) is 9.79.